The van der Waals surface area contributed by atoms with Crippen molar-refractivity contribution in [1.82, 2.24) is 10.2 Å². The predicted molar refractivity (Wildman–Crippen MR) is 102 cm³/mol. The van der Waals surface area contributed by atoms with E-state index in [-0.39, 0.29) is 17.6 Å². The molecule has 0 radical (unpaired) electrons. The fraction of sp³-hybridized carbons (Fsp3) is 0.611. The van der Waals surface area contributed by atoms with Gasteiger partial charge in [-0.15, -0.1) is 0 Å². The zero-order valence-corrected chi connectivity index (χ0v) is 16.4. The summed E-state index contributed by atoms with van der Waals surface area (Å²) in [5.74, 6) is 1.01. The van der Waals surface area contributed by atoms with Crippen LogP contribution in [0, 0.1) is 13.8 Å². The van der Waals surface area contributed by atoms with Crippen molar-refractivity contribution in [2.75, 3.05) is 44.8 Å². The van der Waals surface area contributed by atoms with Crippen LogP contribution in [-0.4, -0.2) is 64.1 Å². The van der Waals surface area contributed by atoms with Crippen molar-refractivity contribution in [1.29, 1.82) is 0 Å². The second-order valence-electron chi connectivity index (χ2n) is 6.38. The average molecular weight is 368 g/mol. The van der Waals surface area contributed by atoms with E-state index in [0.717, 1.165) is 12.5 Å². The van der Waals surface area contributed by atoms with Crippen LogP contribution in [0.5, 0.6) is 0 Å². The summed E-state index contributed by atoms with van der Waals surface area (Å²) in [5, 5.41) is 3.17. The van der Waals surface area contributed by atoms with Gasteiger partial charge < -0.3 is 15.0 Å². The predicted octanol–water partition coefficient (Wildman–Crippen LogP) is 1.69. The van der Waals surface area contributed by atoms with Crippen LogP contribution in [0.2, 0.25) is 0 Å². The molecule has 1 aromatic carbocycles. The number of sulfone groups is 1. The highest BCUT2D eigenvalue weighted by atomic mass is 32.2. The number of nitrogens with zero attached hydrogens (tertiary/aromatic N) is 2. The molecule has 1 unspecified atom stereocenters. The molecule has 25 heavy (non-hydrogen) atoms. The Balaban J connectivity index is 2.01. The van der Waals surface area contributed by atoms with E-state index in [9.17, 15) is 8.42 Å². The molecule has 0 aromatic heterocycles. The standard InChI is InChI=1S/C18H29N3O3S/c1-5-25(22,23)11-8-20-18(19-4)21-9-10-24-17(13-21)16-7-6-14(2)12-15(16)3/h6-7,12,17H,5,8-11,13H2,1-4H3,(H,19,20). The number of hydrogen-bond acceptors (Lipinski definition) is 4. The second kappa shape index (κ2) is 8.67. The maximum absolute atomic E-state index is 11.6. The molecule has 1 fully saturated rings. The van der Waals surface area contributed by atoms with Gasteiger partial charge in [0.2, 0.25) is 0 Å². The quantitative estimate of drug-likeness (QED) is 0.633. The van der Waals surface area contributed by atoms with Crippen molar-refractivity contribution >= 4 is 15.8 Å². The van der Waals surface area contributed by atoms with E-state index in [1.54, 1.807) is 14.0 Å². The van der Waals surface area contributed by atoms with Crippen molar-refractivity contribution in [3.63, 3.8) is 0 Å². The summed E-state index contributed by atoms with van der Waals surface area (Å²) in [6, 6.07) is 6.40. The van der Waals surface area contributed by atoms with Crippen LogP contribution in [0.1, 0.15) is 29.7 Å². The maximum atomic E-state index is 11.6. The number of guanidine groups is 1. The number of rotatable bonds is 5. The molecule has 1 atom stereocenters. The number of benzene rings is 1. The lowest BCUT2D eigenvalue weighted by atomic mass is 10.00. The topological polar surface area (TPSA) is 71.0 Å². The van der Waals surface area contributed by atoms with E-state index >= 15 is 0 Å². The minimum atomic E-state index is -2.98. The van der Waals surface area contributed by atoms with Crippen LogP contribution in [0.15, 0.2) is 23.2 Å². The van der Waals surface area contributed by atoms with Gasteiger partial charge in [-0.1, -0.05) is 30.7 Å². The van der Waals surface area contributed by atoms with Crippen molar-refractivity contribution < 1.29 is 13.2 Å². The SMILES string of the molecule is CCS(=O)(=O)CCNC(=NC)N1CCOC(c2ccc(C)cc2C)C1. The van der Waals surface area contributed by atoms with Crippen molar-refractivity contribution in [3.8, 4) is 0 Å². The van der Waals surface area contributed by atoms with Gasteiger partial charge in [0.15, 0.2) is 15.8 Å². The molecular weight excluding hydrogens is 338 g/mol. The normalized spacial score (nSPS) is 19.1. The summed E-state index contributed by atoms with van der Waals surface area (Å²) in [4.78, 5) is 6.43. The summed E-state index contributed by atoms with van der Waals surface area (Å²) in [7, 11) is -1.26. The number of aryl methyl sites for hydroxylation is 2. The Labute approximate surface area is 151 Å². The Kier molecular flexibility index (Phi) is 6.84. The largest absolute Gasteiger partial charge is 0.370 e. The average Bonchev–Trinajstić information content (AvgIpc) is 2.59. The van der Waals surface area contributed by atoms with E-state index in [1.165, 1.54) is 16.7 Å². The lowest BCUT2D eigenvalue weighted by Gasteiger charge is -2.35. The van der Waals surface area contributed by atoms with Gasteiger partial charge in [0.05, 0.1) is 18.9 Å². The van der Waals surface area contributed by atoms with E-state index in [1.807, 2.05) is 0 Å². The lowest BCUT2D eigenvalue weighted by molar-refractivity contribution is -0.00827. The van der Waals surface area contributed by atoms with Gasteiger partial charge in [-0.25, -0.2) is 8.42 Å². The molecule has 0 bridgehead atoms. The Bertz CT molecular complexity index is 716. The summed E-state index contributed by atoms with van der Waals surface area (Å²) in [6.45, 7) is 8.28. The molecule has 1 heterocycles. The van der Waals surface area contributed by atoms with Crippen molar-refractivity contribution in [2.45, 2.75) is 26.9 Å². The molecule has 0 saturated carbocycles. The fourth-order valence-corrected chi connectivity index (χ4v) is 3.71. The zero-order valence-electron chi connectivity index (χ0n) is 15.6. The fourth-order valence-electron chi connectivity index (χ4n) is 3.01. The highest BCUT2D eigenvalue weighted by molar-refractivity contribution is 7.91. The van der Waals surface area contributed by atoms with Gasteiger partial charge in [-0.3, -0.25) is 4.99 Å². The Hall–Kier alpha value is -1.60. The number of nitrogens with one attached hydrogen (secondary N) is 1. The van der Waals surface area contributed by atoms with Crippen molar-refractivity contribution in [2.24, 2.45) is 4.99 Å². The van der Waals surface area contributed by atoms with Crippen LogP contribution in [0.4, 0.5) is 0 Å². The Morgan fingerprint density at radius 1 is 1.40 bits per heavy atom. The summed E-state index contributed by atoms with van der Waals surface area (Å²) in [5.41, 5.74) is 3.66. The van der Waals surface area contributed by atoms with Crippen LogP contribution >= 0.6 is 0 Å². The monoisotopic (exact) mass is 367 g/mol. The molecule has 7 heteroatoms. The minimum absolute atomic E-state index is 0.00715. The van der Waals surface area contributed by atoms with E-state index in [2.05, 4.69) is 47.3 Å². The molecule has 0 spiro atoms. The van der Waals surface area contributed by atoms with Crippen molar-refractivity contribution in [3.05, 3.63) is 34.9 Å². The third kappa shape index (κ3) is 5.44. The Morgan fingerprint density at radius 2 is 2.16 bits per heavy atom. The van der Waals surface area contributed by atoms with Gasteiger partial charge in [0.1, 0.15) is 6.10 Å². The summed E-state index contributed by atoms with van der Waals surface area (Å²) >= 11 is 0. The third-order valence-corrected chi connectivity index (χ3v) is 6.19. The van der Waals surface area contributed by atoms with Crippen LogP contribution < -0.4 is 5.32 Å². The van der Waals surface area contributed by atoms with Crippen LogP contribution in [-0.2, 0) is 14.6 Å². The lowest BCUT2D eigenvalue weighted by Crippen LogP contribution is -2.49. The molecule has 1 N–H and O–H groups in total. The molecule has 6 nitrogen and oxygen atoms in total. The van der Waals surface area contributed by atoms with Gasteiger partial charge in [-0.05, 0) is 25.0 Å². The molecule has 0 amide bonds. The van der Waals surface area contributed by atoms with Gasteiger partial charge >= 0.3 is 0 Å². The molecule has 1 saturated heterocycles. The molecule has 1 aromatic rings. The van der Waals surface area contributed by atoms with E-state index in [0.29, 0.717) is 19.7 Å². The highest BCUT2D eigenvalue weighted by Crippen LogP contribution is 2.25. The van der Waals surface area contributed by atoms with E-state index in [4.69, 9.17) is 4.74 Å². The zero-order chi connectivity index (χ0) is 18.4. The van der Waals surface area contributed by atoms with Crippen LogP contribution in [0.25, 0.3) is 0 Å². The molecule has 1 aliphatic heterocycles. The number of hydrogen-bond donors (Lipinski definition) is 1. The molecule has 0 aliphatic carbocycles. The summed E-state index contributed by atoms with van der Waals surface area (Å²) < 4.78 is 29.2. The first-order chi connectivity index (χ1) is 11.9. The van der Waals surface area contributed by atoms with E-state index < -0.39 is 9.84 Å². The maximum Gasteiger partial charge on any atom is 0.193 e. The molecule has 140 valence electrons. The van der Waals surface area contributed by atoms with Crippen LogP contribution in [0.3, 0.4) is 0 Å². The number of morpholine rings is 1. The number of ether oxygens (including phenoxy) is 1. The van der Waals surface area contributed by atoms with Gasteiger partial charge in [0, 0.05) is 25.9 Å². The first-order valence-electron chi connectivity index (χ1n) is 8.71. The highest BCUT2D eigenvalue weighted by Gasteiger charge is 2.25. The smallest absolute Gasteiger partial charge is 0.193 e. The Morgan fingerprint density at radius 3 is 2.80 bits per heavy atom. The third-order valence-electron chi connectivity index (χ3n) is 4.49. The van der Waals surface area contributed by atoms with Gasteiger partial charge in [0.25, 0.3) is 0 Å². The van der Waals surface area contributed by atoms with Gasteiger partial charge in [-0.2, -0.15) is 0 Å². The summed E-state index contributed by atoms with van der Waals surface area (Å²) in [6.07, 6.45) is -0.00715. The first kappa shape index (κ1) is 19.7. The molecular formula is C18H29N3O3S. The molecule has 1 aliphatic rings. The first-order valence-corrected chi connectivity index (χ1v) is 10.5. The minimum Gasteiger partial charge on any atom is -0.370 e. The molecule has 2 rings (SSSR count). The number of aliphatic imine (C=N–C) groups is 1. The second-order valence-corrected chi connectivity index (χ2v) is 8.85.